The second kappa shape index (κ2) is 18.8. The molecule has 0 aromatic heterocycles. The Kier molecular flexibility index (Phi) is 28.5. The van der Waals surface area contributed by atoms with Crippen molar-refractivity contribution in [2.45, 2.75) is 20.8 Å². The van der Waals surface area contributed by atoms with Crippen molar-refractivity contribution in [2.24, 2.45) is 0 Å². The zero-order valence-electron chi connectivity index (χ0n) is 8.21. The molecule has 0 atom stereocenters. The van der Waals surface area contributed by atoms with E-state index >= 15 is 0 Å². The van der Waals surface area contributed by atoms with Gasteiger partial charge in [0, 0.05) is 4.57 Å². The van der Waals surface area contributed by atoms with Crippen molar-refractivity contribution in [1.82, 2.24) is 0 Å². The quantitative estimate of drug-likeness (QED) is 0.360. The van der Waals surface area contributed by atoms with Gasteiger partial charge in [0.25, 0.3) is 0 Å². The Morgan fingerprint density at radius 1 is 1.08 bits per heavy atom. The molecule has 0 heterocycles. The summed E-state index contributed by atoms with van der Waals surface area (Å²) in [5.74, 6) is 0. The van der Waals surface area contributed by atoms with Gasteiger partial charge in [-0.1, -0.05) is 20.8 Å². The van der Waals surface area contributed by atoms with Crippen LogP contribution in [-0.4, -0.2) is 28.3 Å². The lowest BCUT2D eigenvalue weighted by Gasteiger charge is -2.07. The van der Waals surface area contributed by atoms with E-state index in [1.807, 2.05) is 0 Å². The molecule has 0 saturated heterocycles. The van der Waals surface area contributed by atoms with Crippen molar-refractivity contribution in [3.8, 4) is 0 Å². The highest BCUT2D eigenvalue weighted by molar-refractivity contribution is 8.59. The molecular weight excluding hydrogens is 246 g/mol. The molecule has 0 saturated carbocycles. The van der Waals surface area contributed by atoms with Crippen molar-refractivity contribution >= 4 is 39.5 Å². The van der Waals surface area contributed by atoms with Gasteiger partial charge in [-0.05, 0) is 18.5 Å². The summed E-state index contributed by atoms with van der Waals surface area (Å²) in [6, 6.07) is 0. The van der Waals surface area contributed by atoms with E-state index < -0.39 is 8.25 Å². The van der Waals surface area contributed by atoms with Crippen molar-refractivity contribution in [3.63, 3.8) is 0 Å². The molecule has 0 bridgehead atoms. The third-order valence-electron chi connectivity index (χ3n) is 1.34. The van der Waals surface area contributed by atoms with Gasteiger partial charge in [-0.15, -0.1) is 41.0 Å². The summed E-state index contributed by atoms with van der Waals surface area (Å²) in [4.78, 5) is 14.2. The van der Waals surface area contributed by atoms with E-state index in [4.69, 9.17) is 14.4 Å². The Labute approximate surface area is 93.3 Å². The van der Waals surface area contributed by atoms with Crippen LogP contribution < -0.4 is 0 Å². The van der Waals surface area contributed by atoms with Gasteiger partial charge in [-0.3, -0.25) is 0 Å². The zero-order valence-corrected chi connectivity index (χ0v) is 11.8. The Bertz CT molecular complexity index is 92.4. The third kappa shape index (κ3) is 32.0. The Morgan fingerprint density at radius 2 is 1.23 bits per heavy atom. The lowest BCUT2D eigenvalue weighted by Crippen LogP contribution is -1.83. The maximum absolute atomic E-state index is 8.70. The van der Waals surface area contributed by atoms with Crippen LogP contribution in [0.1, 0.15) is 20.8 Å². The van der Waals surface area contributed by atoms with Crippen molar-refractivity contribution < 1.29 is 14.4 Å². The Balaban J connectivity index is -0.000000142. The highest BCUT2D eigenvalue weighted by atomic mass is 33.1. The van der Waals surface area contributed by atoms with Gasteiger partial charge in [0.05, 0.1) is 0 Å². The molecule has 0 radical (unpaired) electrons. The lowest BCUT2D eigenvalue weighted by molar-refractivity contribution is 0.405. The minimum atomic E-state index is -2.87. The highest BCUT2D eigenvalue weighted by Gasteiger charge is 1.94. The molecule has 7 heteroatoms. The van der Waals surface area contributed by atoms with E-state index in [1.165, 1.54) is 18.5 Å². The van der Waals surface area contributed by atoms with E-state index in [-0.39, 0.29) is 0 Å². The maximum Gasteiger partial charge on any atom is 0.692 e. The molecule has 0 amide bonds. The maximum atomic E-state index is 8.70. The van der Waals surface area contributed by atoms with Gasteiger partial charge < -0.3 is 0 Å². The van der Waals surface area contributed by atoms with Crippen LogP contribution in [0.4, 0.5) is 0 Å². The first kappa shape index (κ1) is 19.7. The Hall–Kier alpha value is 1.15. The Morgan fingerprint density at radius 3 is 1.23 bits per heavy atom. The number of thiol groups is 2. The molecule has 0 unspecified atom stereocenters. The van der Waals surface area contributed by atoms with Crippen LogP contribution >= 0.6 is 39.5 Å². The summed E-state index contributed by atoms with van der Waals surface area (Å²) in [6.07, 6.45) is 4.26. The summed E-state index contributed by atoms with van der Waals surface area (Å²) in [7, 11) is -2.42. The summed E-state index contributed by atoms with van der Waals surface area (Å²) >= 11 is 6.44. The molecule has 0 spiro atoms. The van der Waals surface area contributed by atoms with Gasteiger partial charge >= 0.3 is 8.25 Å². The number of hydrogen-bond donors (Lipinski definition) is 4. The summed E-state index contributed by atoms with van der Waals surface area (Å²) in [5, 5.41) is 0. The first-order valence-electron chi connectivity index (χ1n) is 3.85. The van der Waals surface area contributed by atoms with Gasteiger partial charge in [0.2, 0.25) is 0 Å². The topological polar surface area (TPSA) is 57.5 Å². The normalized spacial score (nSPS) is 8.00. The fraction of sp³-hybridized carbons (Fsp3) is 1.00. The molecule has 0 aliphatic heterocycles. The molecule has 0 aliphatic carbocycles. The zero-order chi connectivity index (χ0) is 11.3. The molecule has 2 N–H and O–H groups in total. The van der Waals surface area contributed by atoms with Crippen molar-refractivity contribution in [3.05, 3.63) is 0 Å². The summed E-state index contributed by atoms with van der Waals surface area (Å²) in [5.41, 5.74) is 0. The van der Waals surface area contributed by atoms with Crippen LogP contribution in [0.25, 0.3) is 0 Å². The molecule has 0 aliphatic rings. The minimum absolute atomic E-state index is 0.446. The van der Waals surface area contributed by atoms with E-state index in [0.717, 1.165) is 0 Å². The summed E-state index contributed by atoms with van der Waals surface area (Å²) < 4.78 is 8.70. The average molecular weight is 265 g/mol. The smallest absolute Gasteiger partial charge is 0.134 e. The number of rotatable bonds is 3. The van der Waals surface area contributed by atoms with E-state index in [9.17, 15) is 0 Å². The monoisotopic (exact) mass is 265 g/mol. The molecule has 0 rings (SSSR count). The van der Waals surface area contributed by atoms with Gasteiger partial charge in [-0.25, -0.2) is 0 Å². The fourth-order valence-electron chi connectivity index (χ4n) is 0.671. The SMILES string of the molecule is CCP(CC)CC.O=[P+](O)O.SS. The molecule has 3 nitrogen and oxygen atoms in total. The van der Waals surface area contributed by atoms with Crippen LogP contribution in [0.15, 0.2) is 0 Å². The summed E-state index contributed by atoms with van der Waals surface area (Å²) in [6.45, 7) is 6.87. The second-order valence-electron chi connectivity index (χ2n) is 1.87. The minimum Gasteiger partial charge on any atom is -0.134 e. The standard InChI is InChI=1S/C6H15P.HO3P.H2S2/c1-4-7(5-2)6-3;1-4(2)3;1-2/h4-6H2,1-3H3;(H-,1,2,3);1-2H/p+1. The first-order chi connectivity index (χ1) is 6.08. The van der Waals surface area contributed by atoms with E-state index in [2.05, 4.69) is 44.1 Å². The van der Waals surface area contributed by atoms with Crippen LogP contribution in [0, 0.1) is 0 Å². The predicted octanol–water partition coefficient (Wildman–Crippen LogP) is 2.92. The van der Waals surface area contributed by atoms with E-state index in [1.54, 1.807) is 0 Å². The number of hydrogen-bond acceptors (Lipinski definition) is 3. The fourth-order valence-corrected chi connectivity index (χ4v) is 2.01. The molecule has 0 aromatic rings. The van der Waals surface area contributed by atoms with Gasteiger partial charge in [0.1, 0.15) is 0 Å². The third-order valence-corrected chi connectivity index (χ3v) is 4.02. The van der Waals surface area contributed by atoms with Crippen molar-refractivity contribution in [2.75, 3.05) is 18.5 Å². The molecular formula is C6H19O3P2S2+. The molecule has 0 aromatic carbocycles. The van der Waals surface area contributed by atoms with Crippen molar-refractivity contribution in [1.29, 1.82) is 0 Å². The molecule has 13 heavy (non-hydrogen) atoms. The molecule has 82 valence electrons. The lowest BCUT2D eigenvalue weighted by atomic mass is 10.9. The predicted molar refractivity (Wildman–Crippen MR) is 68.6 cm³/mol. The second-order valence-corrected chi connectivity index (χ2v) is 5.62. The highest BCUT2D eigenvalue weighted by Crippen LogP contribution is 2.32. The average Bonchev–Trinajstić information content (AvgIpc) is 2.10. The van der Waals surface area contributed by atoms with E-state index in [0.29, 0.717) is 7.92 Å². The van der Waals surface area contributed by atoms with Crippen LogP contribution in [0.2, 0.25) is 0 Å². The van der Waals surface area contributed by atoms with Crippen LogP contribution in [0.3, 0.4) is 0 Å². The van der Waals surface area contributed by atoms with Crippen LogP contribution in [-0.2, 0) is 4.57 Å². The van der Waals surface area contributed by atoms with Gasteiger partial charge in [-0.2, -0.15) is 0 Å². The first-order valence-corrected chi connectivity index (χ1v) is 8.52. The largest absolute Gasteiger partial charge is 0.692 e. The van der Waals surface area contributed by atoms with Crippen LogP contribution in [0.5, 0.6) is 0 Å². The van der Waals surface area contributed by atoms with Gasteiger partial charge in [0.15, 0.2) is 0 Å². The molecule has 0 fully saturated rings.